The molecule has 0 aromatic heterocycles. The van der Waals surface area contributed by atoms with Crippen molar-refractivity contribution in [2.75, 3.05) is 6.54 Å². The summed E-state index contributed by atoms with van der Waals surface area (Å²) in [5, 5.41) is 2.71. The Morgan fingerprint density at radius 3 is 2.43 bits per heavy atom. The number of hydrogen-bond acceptors (Lipinski definition) is 2. The zero-order valence-corrected chi connectivity index (χ0v) is 13.7. The highest BCUT2D eigenvalue weighted by atomic mass is 19.1. The lowest BCUT2D eigenvalue weighted by Gasteiger charge is -2.29. The van der Waals surface area contributed by atoms with Crippen LogP contribution in [0.4, 0.5) is 4.39 Å². The van der Waals surface area contributed by atoms with Gasteiger partial charge in [-0.3, -0.25) is 9.59 Å². The molecule has 0 heterocycles. The van der Waals surface area contributed by atoms with Crippen molar-refractivity contribution in [2.45, 2.75) is 58.0 Å². The Hall–Kier alpha value is -1.91. The highest BCUT2D eigenvalue weighted by Crippen LogP contribution is 2.22. The summed E-state index contributed by atoms with van der Waals surface area (Å²) in [5.74, 6) is -0.648. The van der Waals surface area contributed by atoms with E-state index in [9.17, 15) is 14.0 Å². The zero-order chi connectivity index (χ0) is 16.7. The van der Waals surface area contributed by atoms with E-state index in [4.69, 9.17) is 0 Å². The molecule has 0 bridgehead atoms. The van der Waals surface area contributed by atoms with E-state index in [2.05, 4.69) is 5.32 Å². The summed E-state index contributed by atoms with van der Waals surface area (Å²) in [5.41, 5.74) is 0.449. The van der Waals surface area contributed by atoms with E-state index in [1.807, 2.05) is 0 Å². The maximum absolute atomic E-state index is 13.6. The predicted octanol–water partition coefficient (Wildman–Crippen LogP) is 3.01. The number of rotatable bonds is 5. The van der Waals surface area contributed by atoms with Crippen LogP contribution in [-0.4, -0.2) is 29.3 Å². The molecule has 1 aromatic carbocycles. The third-order valence-corrected chi connectivity index (χ3v) is 4.42. The lowest BCUT2D eigenvalue weighted by Crippen LogP contribution is -2.45. The number of benzene rings is 1. The minimum atomic E-state index is -0.333. The fraction of sp³-hybridized carbons (Fsp3) is 0.556. The first-order valence-electron chi connectivity index (χ1n) is 8.35. The number of hydrogen-bond donors (Lipinski definition) is 1. The molecule has 0 radical (unpaired) electrons. The van der Waals surface area contributed by atoms with Gasteiger partial charge in [0.1, 0.15) is 5.82 Å². The number of nitrogens with zero attached hydrogens (tertiary/aromatic N) is 1. The Kier molecular flexibility index (Phi) is 6.56. The molecule has 1 fully saturated rings. The van der Waals surface area contributed by atoms with Crippen LogP contribution in [0.1, 0.15) is 51.0 Å². The van der Waals surface area contributed by atoms with E-state index in [-0.39, 0.29) is 36.8 Å². The van der Waals surface area contributed by atoms with Crippen molar-refractivity contribution >= 4 is 11.8 Å². The minimum absolute atomic E-state index is 0.0501. The summed E-state index contributed by atoms with van der Waals surface area (Å²) in [7, 11) is 0. The van der Waals surface area contributed by atoms with Gasteiger partial charge in [-0.05, 0) is 18.9 Å². The first kappa shape index (κ1) is 17.4. The molecule has 1 aliphatic rings. The van der Waals surface area contributed by atoms with Crippen molar-refractivity contribution in [1.82, 2.24) is 10.2 Å². The van der Waals surface area contributed by atoms with Crippen molar-refractivity contribution in [3.05, 3.63) is 35.6 Å². The van der Waals surface area contributed by atoms with Crippen LogP contribution >= 0.6 is 0 Å². The first-order valence-corrected chi connectivity index (χ1v) is 8.35. The fourth-order valence-corrected chi connectivity index (χ4v) is 3.11. The second-order valence-corrected chi connectivity index (χ2v) is 6.16. The van der Waals surface area contributed by atoms with E-state index in [1.165, 1.54) is 25.8 Å². The fourth-order valence-electron chi connectivity index (χ4n) is 3.11. The summed E-state index contributed by atoms with van der Waals surface area (Å²) in [6, 6.07) is 6.51. The third kappa shape index (κ3) is 5.34. The van der Waals surface area contributed by atoms with E-state index in [0.29, 0.717) is 5.56 Å². The minimum Gasteiger partial charge on any atom is -0.350 e. The van der Waals surface area contributed by atoms with E-state index in [1.54, 1.807) is 23.1 Å². The number of carbonyl (C=O) groups excluding carboxylic acids is 2. The van der Waals surface area contributed by atoms with Gasteiger partial charge in [0.25, 0.3) is 0 Å². The molecule has 0 atom stereocenters. The first-order chi connectivity index (χ1) is 11.1. The Morgan fingerprint density at radius 1 is 1.17 bits per heavy atom. The van der Waals surface area contributed by atoms with Crippen molar-refractivity contribution in [2.24, 2.45) is 0 Å². The molecular formula is C18H25FN2O2. The van der Waals surface area contributed by atoms with Crippen LogP contribution in [0.3, 0.4) is 0 Å². The van der Waals surface area contributed by atoms with E-state index in [0.717, 1.165) is 25.7 Å². The molecule has 4 nitrogen and oxygen atoms in total. The summed E-state index contributed by atoms with van der Waals surface area (Å²) in [6.45, 7) is 1.70. The van der Waals surface area contributed by atoms with Gasteiger partial charge in [0.05, 0.1) is 6.54 Å². The molecule has 1 N–H and O–H groups in total. The second-order valence-electron chi connectivity index (χ2n) is 6.16. The zero-order valence-electron chi connectivity index (χ0n) is 13.7. The van der Waals surface area contributed by atoms with Crippen molar-refractivity contribution in [3.63, 3.8) is 0 Å². The van der Waals surface area contributed by atoms with Gasteiger partial charge in [0, 0.05) is 25.1 Å². The molecule has 0 unspecified atom stereocenters. The number of amides is 2. The molecule has 1 aromatic rings. The lowest BCUT2D eigenvalue weighted by molar-refractivity contribution is -0.136. The Bertz CT molecular complexity index is 540. The average Bonchev–Trinajstić information content (AvgIpc) is 2.80. The Morgan fingerprint density at radius 2 is 1.83 bits per heavy atom. The number of nitrogens with one attached hydrogen (secondary N) is 1. The molecule has 126 valence electrons. The molecule has 1 saturated carbocycles. The van der Waals surface area contributed by atoms with E-state index >= 15 is 0 Å². The normalized spacial score (nSPS) is 15.7. The highest BCUT2D eigenvalue weighted by Gasteiger charge is 2.24. The van der Waals surface area contributed by atoms with Crippen LogP contribution in [-0.2, 0) is 16.1 Å². The number of halogens is 1. The molecule has 1 aliphatic carbocycles. The molecular weight excluding hydrogens is 295 g/mol. The van der Waals surface area contributed by atoms with Gasteiger partial charge in [-0.25, -0.2) is 4.39 Å². The van der Waals surface area contributed by atoms with Gasteiger partial charge >= 0.3 is 0 Å². The molecule has 0 saturated heterocycles. The summed E-state index contributed by atoms with van der Waals surface area (Å²) in [6.07, 6.45) is 6.51. The maximum Gasteiger partial charge on any atom is 0.239 e. The van der Waals surface area contributed by atoms with E-state index < -0.39 is 0 Å². The van der Waals surface area contributed by atoms with Gasteiger partial charge in [0.15, 0.2) is 0 Å². The van der Waals surface area contributed by atoms with Crippen LogP contribution in [0.15, 0.2) is 24.3 Å². The molecule has 0 aliphatic heterocycles. The second kappa shape index (κ2) is 8.65. The SMILES string of the molecule is CC(=O)N(CC(=O)NCc1ccccc1F)C1CCCCCC1. The largest absolute Gasteiger partial charge is 0.350 e. The Labute approximate surface area is 137 Å². The average molecular weight is 320 g/mol. The summed E-state index contributed by atoms with van der Waals surface area (Å²) in [4.78, 5) is 25.7. The number of carbonyl (C=O) groups is 2. The molecule has 2 amide bonds. The smallest absolute Gasteiger partial charge is 0.239 e. The van der Waals surface area contributed by atoms with Gasteiger partial charge in [-0.2, -0.15) is 0 Å². The van der Waals surface area contributed by atoms with Gasteiger partial charge < -0.3 is 10.2 Å². The Balaban J connectivity index is 1.90. The van der Waals surface area contributed by atoms with Crippen molar-refractivity contribution < 1.29 is 14.0 Å². The van der Waals surface area contributed by atoms with Crippen LogP contribution in [0.25, 0.3) is 0 Å². The molecule has 23 heavy (non-hydrogen) atoms. The summed E-state index contributed by atoms with van der Waals surface area (Å²) >= 11 is 0. The predicted molar refractivity (Wildman–Crippen MR) is 87.1 cm³/mol. The van der Waals surface area contributed by atoms with Crippen molar-refractivity contribution in [1.29, 1.82) is 0 Å². The molecule has 2 rings (SSSR count). The molecule has 5 heteroatoms. The topological polar surface area (TPSA) is 49.4 Å². The van der Waals surface area contributed by atoms with Gasteiger partial charge in [-0.1, -0.05) is 43.9 Å². The van der Waals surface area contributed by atoms with Gasteiger partial charge in [-0.15, -0.1) is 0 Å². The highest BCUT2D eigenvalue weighted by molar-refractivity contribution is 5.83. The van der Waals surface area contributed by atoms with Crippen LogP contribution in [0.5, 0.6) is 0 Å². The van der Waals surface area contributed by atoms with Gasteiger partial charge in [0.2, 0.25) is 11.8 Å². The summed E-state index contributed by atoms with van der Waals surface area (Å²) < 4.78 is 13.6. The quantitative estimate of drug-likeness (QED) is 0.848. The van der Waals surface area contributed by atoms with Crippen LogP contribution in [0, 0.1) is 5.82 Å². The third-order valence-electron chi connectivity index (χ3n) is 4.42. The van der Waals surface area contributed by atoms with Crippen molar-refractivity contribution in [3.8, 4) is 0 Å². The standard InChI is InChI=1S/C18H25FN2O2/c1-14(22)21(16-9-4-2-3-5-10-16)13-18(23)20-12-15-8-6-7-11-17(15)19/h6-8,11,16H,2-5,9-10,12-13H2,1H3,(H,20,23). The monoisotopic (exact) mass is 320 g/mol. The molecule has 0 spiro atoms. The van der Waals surface area contributed by atoms with Crippen LogP contribution in [0.2, 0.25) is 0 Å². The van der Waals surface area contributed by atoms with Crippen LogP contribution < -0.4 is 5.32 Å². The maximum atomic E-state index is 13.6. The lowest BCUT2D eigenvalue weighted by atomic mass is 10.1.